The molecule has 3 aromatic carbocycles. The summed E-state index contributed by atoms with van der Waals surface area (Å²) < 4.78 is 43.0. The summed E-state index contributed by atoms with van der Waals surface area (Å²) >= 11 is 3.31. The van der Waals surface area contributed by atoms with Gasteiger partial charge in [0.2, 0.25) is 0 Å². The van der Waals surface area contributed by atoms with Crippen LogP contribution in [-0.2, 0) is 19.3 Å². The zero-order valence-electron chi connectivity index (χ0n) is 23.5. The van der Waals surface area contributed by atoms with Gasteiger partial charge in [-0.05, 0) is 68.3 Å². The lowest BCUT2D eigenvalue weighted by Gasteiger charge is -2.13. The number of benzene rings is 3. The molecule has 0 saturated carbocycles. The van der Waals surface area contributed by atoms with Crippen LogP contribution in [0.25, 0.3) is 10.9 Å². The molecule has 0 aliphatic carbocycles. The Bertz CT molecular complexity index is 1830. The van der Waals surface area contributed by atoms with E-state index in [1.165, 1.54) is 6.07 Å². The molecule has 5 rings (SSSR count). The predicted molar refractivity (Wildman–Crippen MR) is 162 cm³/mol. The van der Waals surface area contributed by atoms with E-state index < -0.39 is 17.8 Å². The van der Waals surface area contributed by atoms with Crippen LogP contribution in [0.1, 0.15) is 54.5 Å². The van der Waals surface area contributed by atoms with Gasteiger partial charge in [0.25, 0.3) is 11.8 Å². The van der Waals surface area contributed by atoms with Gasteiger partial charge >= 0.3 is 6.18 Å². The molecule has 5 aromatic rings. The van der Waals surface area contributed by atoms with Crippen LogP contribution in [0.2, 0.25) is 0 Å². The maximum atomic E-state index is 13.6. The summed E-state index contributed by atoms with van der Waals surface area (Å²) in [5.74, 6) is -0.893. The summed E-state index contributed by atoms with van der Waals surface area (Å²) in [4.78, 5) is 29.7. The number of nitrogens with zero attached hydrogens (tertiary/aromatic N) is 3. The molecule has 0 spiro atoms. The van der Waals surface area contributed by atoms with Crippen LogP contribution in [-0.4, -0.2) is 26.6 Å². The van der Waals surface area contributed by atoms with Gasteiger partial charge in [-0.2, -0.15) is 18.3 Å². The molecule has 0 atom stereocenters. The zero-order valence-corrected chi connectivity index (χ0v) is 25.1. The second-order valence-corrected chi connectivity index (χ2v) is 11.2. The summed E-state index contributed by atoms with van der Waals surface area (Å²) in [5, 5.41) is 10.5. The first-order valence-electron chi connectivity index (χ1n) is 13.3. The van der Waals surface area contributed by atoms with Crippen molar-refractivity contribution < 1.29 is 22.8 Å². The third-order valence-electron chi connectivity index (χ3n) is 7.05. The Morgan fingerprint density at radius 3 is 2.23 bits per heavy atom. The quantitative estimate of drug-likeness (QED) is 0.193. The average molecular weight is 650 g/mol. The largest absolute Gasteiger partial charge is 0.433 e. The molecule has 2 heterocycles. The molecule has 0 aliphatic heterocycles. The van der Waals surface area contributed by atoms with Crippen molar-refractivity contribution in [2.75, 3.05) is 5.32 Å². The highest BCUT2D eigenvalue weighted by molar-refractivity contribution is 9.10. The van der Waals surface area contributed by atoms with E-state index in [0.29, 0.717) is 40.2 Å². The predicted octanol–water partition coefficient (Wildman–Crippen LogP) is 7.37. The summed E-state index contributed by atoms with van der Waals surface area (Å²) in [6, 6.07) is 20.4. The number of alkyl halides is 3. The number of pyridine rings is 1. The third-order valence-corrected chi connectivity index (χ3v) is 7.54. The highest BCUT2D eigenvalue weighted by Crippen LogP contribution is 2.32. The van der Waals surface area contributed by atoms with Gasteiger partial charge in [-0.3, -0.25) is 14.3 Å². The molecule has 220 valence electrons. The number of halogens is 4. The van der Waals surface area contributed by atoms with Crippen molar-refractivity contribution in [1.82, 2.24) is 20.1 Å². The second kappa shape index (κ2) is 12.0. The lowest BCUT2D eigenvalue weighted by molar-refractivity contribution is -0.141. The molecule has 2 aromatic heterocycles. The lowest BCUT2D eigenvalue weighted by Crippen LogP contribution is -2.22. The molecule has 7 nitrogen and oxygen atoms in total. The molecule has 43 heavy (non-hydrogen) atoms. The molecule has 0 radical (unpaired) electrons. The number of nitrogens with one attached hydrogen (secondary N) is 2. The van der Waals surface area contributed by atoms with Gasteiger partial charge in [-0.15, -0.1) is 0 Å². The molecule has 0 saturated heterocycles. The van der Waals surface area contributed by atoms with Crippen LogP contribution in [0.15, 0.2) is 77.3 Å². The lowest BCUT2D eigenvalue weighted by atomic mass is 10.1. The normalized spacial score (nSPS) is 11.5. The van der Waals surface area contributed by atoms with Crippen molar-refractivity contribution in [2.45, 2.75) is 40.0 Å². The molecule has 0 unspecified atom stereocenters. The summed E-state index contributed by atoms with van der Waals surface area (Å²) in [7, 11) is 0. The molecule has 0 fully saturated rings. The second-order valence-electron chi connectivity index (χ2n) is 10.2. The van der Waals surface area contributed by atoms with Crippen LogP contribution in [0.5, 0.6) is 0 Å². The van der Waals surface area contributed by atoms with E-state index in [0.717, 1.165) is 22.8 Å². The third kappa shape index (κ3) is 6.77. The number of anilines is 1. The molecule has 0 bridgehead atoms. The number of rotatable bonds is 7. The van der Waals surface area contributed by atoms with Crippen molar-refractivity contribution >= 4 is 44.3 Å². The number of fused-ring (bicyclic) bond motifs is 1. The van der Waals surface area contributed by atoms with E-state index in [1.54, 1.807) is 42.8 Å². The monoisotopic (exact) mass is 649 g/mol. The molecule has 2 N–H and O–H groups in total. The molecular weight excluding hydrogens is 623 g/mol. The Kier molecular flexibility index (Phi) is 8.36. The van der Waals surface area contributed by atoms with E-state index in [-0.39, 0.29) is 22.4 Å². The van der Waals surface area contributed by atoms with E-state index in [2.05, 4.69) is 36.6 Å². The molecule has 0 aliphatic rings. The minimum absolute atomic E-state index is 0.0552. The number of hydrogen-bond acceptors (Lipinski definition) is 4. The highest BCUT2D eigenvalue weighted by atomic mass is 79.9. The van der Waals surface area contributed by atoms with E-state index >= 15 is 0 Å². The number of carbonyl (C=O) groups excluding carboxylic acids is 2. The van der Waals surface area contributed by atoms with Crippen LogP contribution in [0, 0.1) is 20.8 Å². The van der Waals surface area contributed by atoms with Gasteiger partial charge in [0.15, 0.2) is 0 Å². The van der Waals surface area contributed by atoms with Crippen molar-refractivity contribution in [3.8, 4) is 0 Å². The maximum Gasteiger partial charge on any atom is 0.433 e. The average Bonchev–Trinajstić information content (AvgIpc) is 3.23. The Labute approximate surface area is 254 Å². The summed E-state index contributed by atoms with van der Waals surface area (Å²) in [5.41, 5.74) is 3.85. The van der Waals surface area contributed by atoms with Gasteiger partial charge in [0.05, 0.1) is 34.7 Å². The van der Waals surface area contributed by atoms with Crippen molar-refractivity contribution in [3.05, 3.63) is 122 Å². The Balaban J connectivity index is 1.31. The van der Waals surface area contributed by atoms with Gasteiger partial charge in [0.1, 0.15) is 5.69 Å². The van der Waals surface area contributed by atoms with Gasteiger partial charge in [-0.1, -0.05) is 57.9 Å². The van der Waals surface area contributed by atoms with E-state index in [1.807, 2.05) is 43.3 Å². The SMILES string of the molecule is Cc1ccc(CNC(=O)c2ccc(Cn3nc(C)c(NC(=O)c4cc(C(F)(F)F)nc5ccc(Br)cc45)c3C)cc2)cc1. The van der Waals surface area contributed by atoms with Gasteiger partial charge < -0.3 is 10.6 Å². The fraction of sp³-hybridized carbons (Fsp3) is 0.188. The minimum Gasteiger partial charge on any atom is -0.348 e. The maximum absolute atomic E-state index is 13.6. The van der Waals surface area contributed by atoms with Crippen molar-refractivity contribution in [3.63, 3.8) is 0 Å². The zero-order chi connectivity index (χ0) is 30.9. The smallest absolute Gasteiger partial charge is 0.348 e. The first-order chi connectivity index (χ1) is 20.4. The highest BCUT2D eigenvalue weighted by Gasteiger charge is 2.34. The van der Waals surface area contributed by atoms with Crippen LogP contribution in [0.4, 0.5) is 18.9 Å². The van der Waals surface area contributed by atoms with Crippen LogP contribution >= 0.6 is 15.9 Å². The topological polar surface area (TPSA) is 88.9 Å². The standard InChI is InChI=1S/C32H27BrF3N5O2/c1-18-4-6-21(7-5-18)16-37-30(42)23-10-8-22(9-11-23)17-41-20(3)29(19(2)40-41)39-31(43)26-15-28(32(34,35)36)38-27-13-12-24(33)14-25(26)27/h4-15H,16-17H2,1-3H3,(H,37,42)(H,39,43). The number of aryl methyl sites for hydroxylation is 2. The van der Waals surface area contributed by atoms with Crippen LogP contribution in [0.3, 0.4) is 0 Å². The molecule has 2 amide bonds. The number of amides is 2. The summed E-state index contributed by atoms with van der Waals surface area (Å²) in [6.45, 7) is 6.27. The Morgan fingerprint density at radius 1 is 0.884 bits per heavy atom. The summed E-state index contributed by atoms with van der Waals surface area (Å²) in [6.07, 6.45) is -4.72. The van der Waals surface area contributed by atoms with Crippen molar-refractivity contribution in [2.24, 2.45) is 0 Å². The number of aromatic nitrogens is 3. The fourth-order valence-corrected chi connectivity index (χ4v) is 5.03. The molecule has 11 heteroatoms. The van der Waals surface area contributed by atoms with Crippen molar-refractivity contribution in [1.29, 1.82) is 0 Å². The minimum atomic E-state index is -4.72. The van der Waals surface area contributed by atoms with E-state index in [9.17, 15) is 22.8 Å². The first kappa shape index (κ1) is 30.0. The number of hydrogen-bond donors (Lipinski definition) is 2. The Morgan fingerprint density at radius 2 is 1.56 bits per heavy atom. The van der Waals surface area contributed by atoms with Gasteiger partial charge in [-0.25, -0.2) is 4.98 Å². The van der Waals surface area contributed by atoms with E-state index in [4.69, 9.17) is 0 Å². The fourth-order valence-electron chi connectivity index (χ4n) is 4.67. The number of carbonyl (C=O) groups is 2. The van der Waals surface area contributed by atoms with Crippen LogP contribution < -0.4 is 10.6 Å². The Hall–Kier alpha value is -4.51. The molecular formula is C32H27BrF3N5O2. The first-order valence-corrected chi connectivity index (χ1v) is 14.1. The van der Waals surface area contributed by atoms with Gasteiger partial charge in [0, 0.05) is 22.0 Å².